The Morgan fingerprint density at radius 3 is 2.65 bits per heavy atom. The molecule has 0 amide bonds. The molecular weight excluding hydrogens is 323 g/mol. The molecule has 3 rings (SSSR count). The largest absolute Gasteiger partial charge is 0.493 e. The maximum absolute atomic E-state index is 13.0. The van der Waals surface area contributed by atoms with Gasteiger partial charge in [0.25, 0.3) is 0 Å². The van der Waals surface area contributed by atoms with Crippen LogP contribution in [-0.2, 0) is 24.8 Å². The fraction of sp³-hybridized carbons (Fsp3) is 0.353. The Labute approximate surface area is 136 Å². The first-order valence-electron chi connectivity index (χ1n) is 7.45. The van der Waals surface area contributed by atoms with Crippen LogP contribution in [0, 0.1) is 0 Å². The van der Waals surface area contributed by atoms with Crippen LogP contribution in [0.15, 0.2) is 35.4 Å². The number of halogens is 3. The van der Waals surface area contributed by atoms with Gasteiger partial charge in [0.2, 0.25) is 5.88 Å². The number of fused-ring (bicyclic) bond motifs is 1. The number of nitrogens with zero attached hydrogens (tertiary/aromatic N) is 1. The van der Waals surface area contributed by atoms with E-state index in [1.807, 2.05) is 0 Å². The van der Waals surface area contributed by atoms with Crippen molar-refractivity contribution in [2.45, 2.75) is 42.6 Å². The van der Waals surface area contributed by atoms with Crippen molar-refractivity contribution in [3.63, 3.8) is 0 Å². The summed E-state index contributed by atoms with van der Waals surface area (Å²) in [5.41, 5.74) is 1.76. The van der Waals surface area contributed by atoms with Gasteiger partial charge in [-0.1, -0.05) is 18.2 Å². The maximum Gasteiger partial charge on any atom is 0.416 e. The minimum atomic E-state index is -4.36. The summed E-state index contributed by atoms with van der Waals surface area (Å²) in [5.74, 6) is 0.121. The lowest BCUT2D eigenvalue weighted by Crippen LogP contribution is -2.09. The van der Waals surface area contributed by atoms with Crippen LogP contribution < -0.4 is 0 Å². The third kappa shape index (κ3) is 3.63. The zero-order chi connectivity index (χ0) is 16.4. The predicted molar refractivity (Wildman–Crippen MR) is 83.5 cm³/mol. The average molecular weight is 339 g/mol. The highest BCUT2D eigenvalue weighted by Crippen LogP contribution is 2.37. The standard InChI is InChI=1S/C17H16F3NOS/c18-17(19,20)14-8-4-2-6-12(14)10-23-16-13-7-3-1-5-11(13)9-15(22)21-16/h2,4,6,8-9H,1,3,5,7,10H2,(H,21,22). The SMILES string of the molecule is Oc1cc2c(c(SCc3ccccc3C(F)(F)F)n1)CCCC2. The van der Waals surface area contributed by atoms with Gasteiger partial charge in [-0.15, -0.1) is 11.8 Å². The number of aromatic hydroxyl groups is 1. The van der Waals surface area contributed by atoms with E-state index in [4.69, 9.17) is 0 Å². The molecule has 2 nitrogen and oxygen atoms in total. The second-order valence-corrected chi connectivity index (χ2v) is 6.54. The van der Waals surface area contributed by atoms with Crippen molar-refractivity contribution in [1.29, 1.82) is 0 Å². The molecule has 23 heavy (non-hydrogen) atoms. The summed E-state index contributed by atoms with van der Waals surface area (Å²) in [6, 6.07) is 7.26. The molecule has 1 aliphatic carbocycles. The molecule has 0 unspecified atom stereocenters. The van der Waals surface area contributed by atoms with Crippen molar-refractivity contribution in [3.05, 3.63) is 52.6 Å². The smallest absolute Gasteiger partial charge is 0.416 e. The Kier molecular flexibility index (Phi) is 4.53. The van der Waals surface area contributed by atoms with Crippen molar-refractivity contribution < 1.29 is 18.3 Å². The van der Waals surface area contributed by atoms with Gasteiger partial charge in [-0.25, -0.2) is 4.98 Å². The van der Waals surface area contributed by atoms with E-state index in [1.54, 1.807) is 12.1 Å². The molecule has 6 heteroatoms. The van der Waals surface area contributed by atoms with Crippen LogP contribution >= 0.6 is 11.8 Å². The van der Waals surface area contributed by atoms with E-state index >= 15 is 0 Å². The Hall–Kier alpha value is -1.69. The number of thioether (sulfide) groups is 1. The number of aryl methyl sites for hydroxylation is 1. The van der Waals surface area contributed by atoms with Crippen LogP contribution in [0.25, 0.3) is 0 Å². The quantitative estimate of drug-likeness (QED) is 0.801. The highest BCUT2D eigenvalue weighted by atomic mass is 32.2. The average Bonchev–Trinajstić information content (AvgIpc) is 2.52. The van der Waals surface area contributed by atoms with Gasteiger partial charge in [0.15, 0.2) is 0 Å². The highest BCUT2D eigenvalue weighted by molar-refractivity contribution is 7.98. The van der Waals surface area contributed by atoms with Crippen molar-refractivity contribution in [2.24, 2.45) is 0 Å². The molecule has 1 N–H and O–H groups in total. The van der Waals surface area contributed by atoms with Gasteiger partial charge < -0.3 is 5.11 Å². The molecule has 1 aliphatic rings. The summed E-state index contributed by atoms with van der Waals surface area (Å²) >= 11 is 1.26. The normalized spacial score (nSPS) is 14.6. The van der Waals surface area contributed by atoms with Gasteiger partial charge in [0, 0.05) is 11.8 Å². The number of rotatable bonds is 3. The van der Waals surface area contributed by atoms with E-state index in [1.165, 1.54) is 23.9 Å². The topological polar surface area (TPSA) is 33.1 Å². The summed E-state index contributed by atoms with van der Waals surface area (Å²) in [7, 11) is 0. The Balaban J connectivity index is 1.86. The maximum atomic E-state index is 13.0. The summed E-state index contributed by atoms with van der Waals surface area (Å²) in [6.07, 6.45) is -0.490. The molecule has 2 aromatic rings. The van der Waals surface area contributed by atoms with Crippen molar-refractivity contribution in [1.82, 2.24) is 4.98 Å². The molecule has 0 radical (unpaired) electrons. The lowest BCUT2D eigenvalue weighted by Gasteiger charge is -2.19. The molecule has 0 aliphatic heterocycles. The van der Waals surface area contributed by atoms with E-state index < -0.39 is 11.7 Å². The van der Waals surface area contributed by atoms with Gasteiger partial charge in [-0.2, -0.15) is 13.2 Å². The van der Waals surface area contributed by atoms with Crippen LogP contribution in [0.4, 0.5) is 13.2 Å². The van der Waals surface area contributed by atoms with Crippen LogP contribution in [0.2, 0.25) is 0 Å². The van der Waals surface area contributed by atoms with Crippen LogP contribution in [-0.4, -0.2) is 10.1 Å². The summed E-state index contributed by atoms with van der Waals surface area (Å²) in [6.45, 7) is 0. The first kappa shape index (κ1) is 16.2. The number of alkyl halides is 3. The second-order valence-electron chi connectivity index (χ2n) is 5.57. The molecule has 122 valence electrons. The third-order valence-electron chi connectivity index (χ3n) is 3.98. The Morgan fingerprint density at radius 2 is 1.87 bits per heavy atom. The fourth-order valence-electron chi connectivity index (χ4n) is 2.88. The summed E-state index contributed by atoms with van der Waals surface area (Å²) in [5, 5.41) is 10.4. The van der Waals surface area contributed by atoms with E-state index in [9.17, 15) is 18.3 Å². The van der Waals surface area contributed by atoms with Gasteiger partial charge in [-0.05, 0) is 48.4 Å². The van der Waals surface area contributed by atoms with Crippen LogP contribution in [0.5, 0.6) is 5.88 Å². The van der Waals surface area contributed by atoms with Gasteiger partial charge in [-0.3, -0.25) is 0 Å². The first-order valence-corrected chi connectivity index (χ1v) is 8.43. The van der Waals surface area contributed by atoms with E-state index in [0.29, 0.717) is 5.03 Å². The number of hydrogen-bond acceptors (Lipinski definition) is 3. The van der Waals surface area contributed by atoms with Crippen LogP contribution in [0.3, 0.4) is 0 Å². The number of benzene rings is 1. The number of aromatic nitrogens is 1. The predicted octanol–water partition coefficient (Wildman–Crippen LogP) is 4.98. The van der Waals surface area contributed by atoms with Crippen molar-refractivity contribution in [2.75, 3.05) is 0 Å². The molecule has 0 fully saturated rings. The van der Waals surface area contributed by atoms with Crippen molar-refractivity contribution >= 4 is 11.8 Å². The zero-order valence-corrected chi connectivity index (χ0v) is 13.2. The molecule has 0 atom stereocenters. The molecule has 0 saturated heterocycles. The molecule has 1 heterocycles. The molecule has 0 saturated carbocycles. The Morgan fingerprint density at radius 1 is 1.13 bits per heavy atom. The van der Waals surface area contributed by atoms with Gasteiger partial charge in [0.1, 0.15) is 5.03 Å². The third-order valence-corrected chi connectivity index (χ3v) is 5.04. The van der Waals surface area contributed by atoms with Crippen LogP contribution in [0.1, 0.15) is 35.1 Å². The summed E-state index contributed by atoms with van der Waals surface area (Å²) in [4.78, 5) is 4.13. The van der Waals surface area contributed by atoms with Gasteiger partial charge in [0.05, 0.1) is 5.56 Å². The number of hydrogen-bond donors (Lipinski definition) is 1. The fourth-order valence-corrected chi connectivity index (χ4v) is 3.99. The lowest BCUT2D eigenvalue weighted by atomic mass is 9.93. The molecule has 1 aromatic carbocycles. The molecule has 1 aromatic heterocycles. The van der Waals surface area contributed by atoms with E-state index in [0.717, 1.165) is 42.9 Å². The first-order chi connectivity index (χ1) is 10.9. The molecule has 0 bridgehead atoms. The molecule has 0 spiro atoms. The summed E-state index contributed by atoms with van der Waals surface area (Å²) < 4.78 is 39.1. The number of pyridine rings is 1. The minimum absolute atomic E-state index is 0.0581. The zero-order valence-electron chi connectivity index (χ0n) is 12.4. The van der Waals surface area contributed by atoms with Gasteiger partial charge >= 0.3 is 6.18 Å². The van der Waals surface area contributed by atoms with E-state index in [2.05, 4.69) is 4.98 Å². The minimum Gasteiger partial charge on any atom is -0.493 e. The van der Waals surface area contributed by atoms with E-state index in [-0.39, 0.29) is 17.2 Å². The second kappa shape index (κ2) is 6.43. The lowest BCUT2D eigenvalue weighted by molar-refractivity contribution is -0.138. The monoisotopic (exact) mass is 339 g/mol. The Bertz CT molecular complexity index is 715. The highest BCUT2D eigenvalue weighted by Gasteiger charge is 2.32. The molecular formula is C17H16F3NOS. The van der Waals surface area contributed by atoms with Crippen molar-refractivity contribution in [3.8, 4) is 5.88 Å².